The lowest BCUT2D eigenvalue weighted by Gasteiger charge is -2.21. The Kier molecular flexibility index (Phi) is 4.46. The number of nitrogens with one attached hydrogen (secondary N) is 1. The van der Waals surface area contributed by atoms with Crippen LogP contribution in [0.25, 0.3) is 0 Å². The number of hydrogen-bond donors (Lipinski definition) is 1. The molecule has 0 radical (unpaired) electrons. The molecule has 0 aliphatic rings. The molecule has 2 rings (SSSR count). The average molecular weight is 292 g/mol. The van der Waals surface area contributed by atoms with E-state index in [0.717, 1.165) is 27.3 Å². The lowest BCUT2D eigenvalue weighted by atomic mass is 9.93. The molecule has 1 atom stereocenters. The van der Waals surface area contributed by atoms with E-state index in [1.54, 1.807) is 13.0 Å². The fraction of sp³-hybridized carbons (Fsp3) is 0.294. The highest BCUT2D eigenvalue weighted by Crippen LogP contribution is 2.29. The molecule has 0 saturated carbocycles. The Morgan fingerprint density at radius 2 is 1.70 bits per heavy atom. The van der Waals surface area contributed by atoms with Crippen LogP contribution in [-0.4, -0.2) is 7.05 Å². The minimum Gasteiger partial charge on any atom is -0.309 e. The average Bonchev–Trinajstić information content (AvgIpc) is 2.40. The van der Waals surface area contributed by atoms with Crippen LogP contribution in [0.3, 0.4) is 0 Å². The second-order valence-electron chi connectivity index (χ2n) is 5.19. The molecule has 0 aliphatic carbocycles. The third-order valence-electron chi connectivity index (χ3n) is 3.68. The molecular formula is C17H19ClFN. The van der Waals surface area contributed by atoms with Gasteiger partial charge in [-0.2, -0.15) is 0 Å². The minimum absolute atomic E-state index is 0.0407. The molecule has 1 unspecified atom stereocenters. The summed E-state index contributed by atoms with van der Waals surface area (Å²) in [4.78, 5) is 0. The molecule has 3 heteroatoms. The predicted octanol–water partition coefficient (Wildman–Crippen LogP) is 4.71. The van der Waals surface area contributed by atoms with Gasteiger partial charge in [0.25, 0.3) is 0 Å². The van der Waals surface area contributed by atoms with Crippen molar-refractivity contribution >= 4 is 11.6 Å². The van der Waals surface area contributed by atoms with E-state index in [-0.39, 0.29) is 11.9 Å². The summed E-state index contributed by atoms with van der Waals surface area (Å²) in [6, 6.07) is 9.36. The van der Waals surface area contributed by atoms with Crippen molar-refractivity contribution in [2.24, 2.45) is 0 Å². The van der Waals surface area contributed by atoms with E-state index >= 15 is 0 Å². The van der Waals surface area contributed by atoms with Gasteiger partial charge in [0.2, 0.25) is 0 Å². The van der Waals surface area contributed by atoms with Gasteiger partial charge in [-0.3, -0.25) is 0 Å². The molecule has 2 aromatic carbocycles. The standard InChI is InChI=1S/C17H19ClFN/c1-10-5-6-13(9-16(10)19)17(20-4)14-7-12(3)15(18)8-11(14)2/h5-9,17,20H,1-4H3. The van der Waals surface area contributed by atoms with Crippen LogP contribution in [0.2, 0.25) is 5.02 Å². The van der Waals surface area contributed by atoms with Crippen molar-refractivity contribution in [2.45, 2.75) is 26.8 Å². The van der Waals surface area contributed by atoms with Crippen LogP contribution in [0.4, 0.5) is 4.39 Å². The molecule has 1 N–H and O–H groups in total. The molecule has 0 aromatic heterocycles. The van der Waals surface area contributed by atoms with E-state index in [1.807, 2.05) is 39.1 Å². The number of benzene rings is 2. The van der Waals surface area contributed by atoms with Crippen molar-refractivity contribution < 1.29 is 4.39 Å². The number of halogens is 2. The largest absolute Gasteiger partial charge is 0.309 e. The van der Waals surface area contributed by atoms with Crippen LogP contribution < -0.4 is 5.32 Å². The predicted molar refractivity (Wildman–Crippen MR) is 83.0 cm³/mol. The molecule has 0 saturated heterocycles. The van der Waals surface area contributed by atoms with E-state index in [9.17, 15) is 4.39 Å². The SMILES string of the molecule is CNC(c1ccc(C)c(F)c1)c1cc(C)c(Cl)cc1C. The molecule has 106 valence electrons. The molecule has 20 heavy (non-hydrogen) atoms. The highest BCUT2D eigenvalue weighted by atomic mass is 35.5. The van der Waals surface area contributed by atoms with Gasteiger partial charge < -0.3 is 5.32 Å². The van der Waals surface area contributed by atoms with Crippen LogP contribution >= 0.6 is 11.6 Å². The maximum absolute atomic E-state index is 13.8. The monoisotopic (exact) mass is 291 g/mol. The second-order valence-corrected chi connectivity index (χ2v) is 5.60. The van der Waals surface area contributed by atoms with Crippen molar-refractivity contribution in [2.75, 3.05) is 7.05 Å². The fourth-order valence-electron chi connectivity index (χ4n) is 2.40. The molecular weight excluding hydrogens is 273 g/mol. The van der Waals surface area contributed by atoms with Gasteiger partial charge in [0.05, 0.1) is 6.04 Å². The first-order chi connectivity index (χ1) is 9.43. The second kappa shape index (κ2) is 5.94. The lowest BCUT2D eigenvalue weighted by Crippen LogP contribution is -2.19. The third kappa shape index (κ3) is 2.87. The number of aryl methyl sites for hydroxylation is 3. The summed E-state index contributed by atoms with van der Waals surface area (Å²) < 4.78 is 13.8. The van der Waals surface area contributed by atoms with E-state index in [1.165, 1.54) is 0 Å². The van der Waals surface area contributed by atoms with Gasteiger partial charge in [-0.25, -0.2) is 4.39 Å². The highest BCUT2D eigenvalue weighted by Gasteiger charge is 2.16. The Morgan fingerprint density at radius 1 is 1.00 bits per heavy atom. The van der Waals surface area contributed by atoms with Gasteiger partial charge in [-0.05, 0) is 67.8 Å². The Hall–Kier alpha value is -1.38. The van der Waals surface area contributed by atoms with Gasteiger partial charge in [-0.1, -0.05) is 29.8 Å². The molecule has 0 spiro atoms. The van der Waals surface area contributed by atoms with Gasteiger partial charge in [0.15, 0.2) is 0 Å². The zero-order valence-corrected chi connectivity index (χ0v) is 13.0. The van der Waals surface area contributed by atoms with Crippen LogP contribution in [-0.2, 0) is 0 Å². The lowest BCUT2D eigenvalue weighted by molar-refractivity contribution is 0.608. The van der Waals surface area contributed by atoms with Crippen molar-refractivity contribution in [3.63, 3.8) is 0 Å². The van der Waals surface area contributed by atoms with Crippen molar-refractivity contribution in [3.05, 3.63) is 69.0 Å². The van der Waals surface area contributed by atoms with Crippen LogP contribution in [0.5, 0.6) is 0 Å². The summed E-state index contributed by atoms with van der Waals surface area (Å²) in [5.74, 6) is -0.175. The number of hydrogen-bond acceptors (Lipinski definition) is 1. The fourth-order valence-corrected chi connectivity index (χ4v) is 2.62. The first-order valence-electron chi connectivity index (χ1n) is 6.64. The smallest absolute Gasteiger partial charge is 0.126 e. The first kappa shape index (κ1) is 15.0. The molecule has 0 amide bonds. The quantitative estimate of drug-likeness (QED) is 0.863. The van der Waals surface area contributed by atoms with Crippen molar-refractivity contribution in [1.82, 2.24) is 5.32 Å². The van der Waals surface area contributed by atoms with Gasteiger partial charge in [0, 0.05) is 5.02 Å². The topological polar surface area (TPSA) is 12.0 Å². The summed E-state index contributed by atoms with van der Waals surface area (Å²) in [5, 5.41) is 4.02. The van der Waals surface area contributed by atoms with E-state index in [2.05, 4.69) is 11.4 Å². The zero-order valence-electron chi connectivity index (χ0n) is 12.2. The Bertz CT molecular complexity index is 637. The summed E-state index contributed by atoms with van der Waals surface area (Å²) in [7, 11) is 1.88. The molecule has 2 aromatic rings. The van der Waals surface area contributed by atoms with Crippen LogP contribution in [0.1, 0.15) is 33.9 Å². The highest BCUT2D eigenvalue weighted by molar-refractivity contribution is 6.31. The maximum atomic E-state index is 13.8. The molecule has 1 nitrogen and oxygen atoms in total. The van der Waals surface area contributed by atoms with E-state index in [0.29, 0.717) is 5.56 Å². The zero-order chi connectivity index (χ0) is 14.9. The Morgan fingerprint density at radius 3 is 2.30 bits per heavy atom. The molecule has 0 bridgehead atoms. The van der Waals surface area contributed by atoms with Gasteiger partial charge >= 0.3 is 0 Å². The molecule has 0 heterocycles. The molecule has 0 fully saturated rings. The van der Waals surface area contributed by atoms with Crippen molar-refractivity contribution in [3.8, 4) is 0 Å². The summed E-state index contributed by atoms with van der Waals surface area (Å²) in [5.41, 5.74) is 4.83. The third-order valence-corrected chi connectivity index (χ3v) is 4.08. The summed E-state index contributed by atoms with van der Waals surface area (Å²) in [6.07, 6.45) is 0. The summed E-state index contributed by atoms with van der Waals surface area (Å²) >= 11 is 6.15. The van der Waals surface area contributed by atoms with Crippen LogP contribution in [0.15, 0.2) is 30.3 Å². The maximum Gasteiger partial charge on any atom is 0.126 e. The molecule has 0 aliphatic heterocycles. The normalized spacial score (nSPS) is 12.5. The van der Waals surface area contributed by atoms with Crippen molar-refractivity contribution in [1.29, 1.82) is 0 Å². The Labute approximate surface area is 124 Å². The first-order valence-corrected chi connectivity index (χ1v) is 7.01. The number of rotatable bonds is 3. The van der Waals surface area contributed by atoms with Gasteiger partial charge in [-0.15, -0.1) is 0 Å². The van der Waals surface area contributed by atoms with E-state index in [4.69, 9.17) is 11.6 Å². The summed E-state index contributed by atoms with van der Waals surface area (Å²) in [6.45, 7) is 5.77. The Balaban J connectivity index is 2.52. The van der Waals surface area contributed by atoms with E-state index < -0.39 is 0 Å². The minimum atomic E-state index is -0.175. The van der Waals surface area contributed by atoms with Crippen LogP contribution in [0, 0.1) is 26.6 Å². The van der Waals surface area contributed by atoms with Gasteiger partial charge in [0.1, 0.15) is 5.82 Å².